The number of carboxylic acid groups (broad SMARTS) is 1. The molecule has 180 valence electrons. The monoisotopic (exact) mass is 491 g/mol. The van der Waals surface area contributed by atoms with Crippen molar-refractivity contribution in [2.45, 2.75) is 19.3 Å². The molecule has 3 N–H and O–H groups in total. The Labute approximate surface area is 206 Å². The molecule has 0 aliphatic heterocycles. The molecule has 8 nitrogen and oxygen atoms in total. The van der Waals surface area contributed by atoms with Crippen molar-refractivity contribution >= 4 is 29.3 Å². The fourth-order valence-corrected chi connectivity index (χ4v) is 4.99. The number of hydrogen-bond donors (Lipinski definition) is 3. The Morgan fingerprint density at radius 2 is 1.71 bits per heavy atom. The van der Waals surface area contributed by atoms with E-state index in [0.29, 0.717) is 22.9 Å². The standard InChI is InChI=1S/C26H25N3O5S/c1-16-24(25(31)32)29-23(35-16)12-14-27-22(30)11-6-13-28-26(33)34-15-21-19-9-4-2-7-17(19)18-8-3-5-10-20(18)21/h2-11,21H,12-15H2,1H3,(H,27,30)(H,28,33)(H,31,32)/b11-6+. The van der Waals surface area contributed by atoms with Gasteiger partial charge in [-0.2, -0.15) is 0 Å². The summed E-state index contributed by atoms with van der Waals surface area (Å²) in [5.74, 6) is -1.38. The minimum atomic E-state index is -1.05. The fraction of sp³-hybridized carbons (Fsp3) is 0.231. The molecule has 4 rings (SSSR count). The zero-order chi connectivity index (χ0) is 24.8. The van der Waals surface area contributed by atoms with E-state index in [1.54, 1.807) is 6.92 Å². The minimum absolute atomic E-state index is 0.0114. The zero-order valence-corrected chi connectivity index (χ0v) is 19.9. The second kappa shape index (κ2) is 11.0. The first-order valence-corrected chi connectivity index (χ1v) is 12.0. The van der Waals surface area contributed by atoms with E-state index < -0.39 is 12.1 Å². The molecule has 0 radical (unpaired) electrons. The van der Waals surface area contributed by atoms with Crippen LogP contribution in [0, 0.1) is 6.92 Å². The number of aromatic carboxylic acids is 1. The van der Waals surface area contributed by atoms with Gasteiger partial charge in [0.25, 0.3) is 0 Å². The van der Waals surface area contributed by atoms with Crippen molar-refractivity contribution in [1.29, 1.82) is 0 Å². The predicted molar refractivity (Wildman–Crippen MR) is 133 cm³/mol. The molecular weight excluding hydrogens is 466 g/mol. The van der Waals surface area contributed by atoms with Crippen LogP contribution in [0.4, 0.5) is 4.79 Å². The van der Waals surface area contributed by atoms with Crippen LogP contribution < -0.4 is 10.6 Å². The molecule has 1 heterocycles. The van der Waals surface area contributed by atoms with E-state index in [2.05, 4.69) is 39.9 Å². The van der Waals surface area contributed by atoms with E-state index in [9.17, 15) is 14.4 Å². The first-order valence-electron chi connectivity index (χ1n) is 11.2. The second-order valence-corrected chi connectivity index (χ2v) is 9.26. The topological polar surface area (TPSA) is 118 Å². The van der Waals surface area contributed by atoms with Gasteiger partial charge in [0.05, 0.1) is 5.01 Å². The molecule has 0 saturated heterocycles. The number of benzene rings is 2. The number of aryl methyl sites for hydroxylation is 1. The third-order valence-electron chi connectivity index (χ3n) is 5.66. The number of carbonyl (C=O) groups excluding carboxylic acids is 2. The maximum Gasteiger partial charge on any atom is 0.407 e. The number of carbonyl (C=O) groups is 3. The van der Waals surface area contributed by atoms with Crippen LogP contribution in [-0.2, 0) is 16.0 Å². The van der Waals surface area contributed by atoms with Crippen LogP contribution in [0.15, 0.2) is 60.7 Å². The SMILES string of the molecule is Cc1sc(CCNC(=O)/C=C/CNC(=O)OCC2c3ccccc3-c3ccccc32)nc1C(=O)O. The number of alkyl carbamates (subject to hydrolysis) is 1. The maximum atomic E-state index is 12.2. The van der Waals surface area contributed by atoms with Crippen molar-refractivity contribution in [2.24, 2.45) is 0 Å². The number of carboxylic acids is 1. The Kier molecular flexibility index (Phi) is 7.57. The van der Waals surface area contributed by atoms with E-state index >= 15 is 0 Å². The Hall–Kier alpha value is -3.98. The van der Waals surface area contributed by atoms with Gasteiger partial charge in [0, 0.05) is 36.4 Å². The van der Waals surface area contributed by atoms with Gasteiger partial charge in [-0.15, -0.1) is 11.3 Å². The lowest BCUT2D eigenvalue weighted by Crippen LogP contribution is -2.27. The number of nitrogens with zero attached hydrogens (tertiary/aromatic N) is 1. The van der Waals surface area contributed by atoms with Crippen LogP contribution >= 0.6 is 11.3 Å². The van der Waals surface area contributed by atoms with E-state index in [-0.39, 0.29) is 30.7 Å². The molecule has 2 aromatic carbocycles. The molecule has 2 amide bonds. The Balaban J connectivity index is 1.18. The lowest BCUT2D eigenvalue weighted by Gasteiger charge is -2.14. The summed E-state index contributed by atoms with van der Waals surface area (Å²) in [6, 6.07) is 16.3. The van der Waals surface area contributed by atoms with Gasteiger partial charge in [-0.3, -0.25) is 4.79 Å². The number of fused-ring (bicyclic) bond motifs is 3. The minimum Gasteiger partial charge on any atom is -0.476 e. The summed E-state index contributed by atoms with van der Waals surface area (Å²) >= 11 is 1.30. The van der Waals surface area contributed by atoms with E-state index in [1.807, 2.05) is 24.3 Å². The highest BCUT2D eigenvalue weighted by molar-refractivity contribution is 7.11. The maximum absolute atomic E-state index is 12.2. The van der Waals surface area contributed by atoms with Crippen molar-refractivity contribution < 1.29 is 24.2 Å². The number of aromatic nitrogens is 1. The van der Waals surface area contributed by atoms with E-state index in [4.69, 9.17) is 9.84 Å². The van der Waals surface area contributed by atoms with Crippen LogP contribution in [-0.4, -0.2) is 47.8 Å². The van der Waals surface area contributed by atoms with Crippen molar-refractivity contribution in [2.75, 3.05) is 19.7 Å². The summed E-state index contributed by atoms with van der Waals surface area (Å²) in [6.45, 7) is 2.41. The number of nitrogens with one attached hydrogen (secondary N) is 2. The van der Waals surface area contributed by atoms with Gasteiger partial charge in [0.2, 0.25) is 5.91 Å². The molecule has 0 fully saturated rings. The van der Waals surface area contributed by atoms with Gasteiger partial charge < -0.3 is 20.5 Å². The van der Waals surface area contributed by atoms with Crippen LogP contribution in [0.25, 0.3) is 11.1 Å². The lowest BCUT2D eigenvalue weighted by atomic mass is 9.98. The van der Waals surface area contributed by atoms with Gasteiger partial charge in [0.1, 0.15) is 6.61 Å². The van der Waals surface area contributed by atoms with Gasteiger partial charge in [-0.1, -0.05) is 54.6 Å². The molecule has 1 aliphatic carbocycles. The number of ether oxygens (including phenoxy) is 1. The normalized spacial score (nSPS) is 12.3. The summed E-state index contributed by atoms with van der Waals surface area (Å²) in [5, 5.41) is 15.0. The first-order chi connectivity index (χ1) is 16.9. The van der Waals surface area contributed by atoms with Gasteiger partial charge in [0.15, 0.2) is 5.69 Å². The third-order valence-corrected chi connectivity index (χ3v) is 6.69. The zero-order valence-electron chi connectivity index (χ0n) is 19.1. The molecule has 0 atom stereocenters. The van der Waals surface area contributed by atoms with Crippen molar-refractivity contribution in [3.63, 3.8) is 0 Å². The molecule has 0 unspecified atom stereocenters. The van der Waals surface area contributed by atoms with Crippen LogP contribution in [0.3, 0.4) is 0 Å². The van der Waals surface area contributed by atoms with Crippen molar-refractivity contribution in [3.8, 4) is 11.1 Å². The Morgan fingerprint density at radius 1 is 1.06 bits per heavy atom. The quantitative estimate of drug-likeness (QED) is 0.391. The molecule has 0 bridgehead atoms. The Morgan fingerprint density at radius 3 is 2.34 bits per heavy atom. The molecule has 0 saturated carbocycles. The molecule has 9 heteroatoms. The molecular formula is C26H25N3O5S. The van der Waals surface area contributed by atoms with Crippen molar-refractivity contribution in [3.05, 3.63) is 87.4 Å². The second-order valence-electron chi connectivity index (χ2n) is 7.97. The van der Waals surface area contributed by atoms with Crippen LogP contribution in [0.1, 0.15) is 37.4 Å². The van der Waals surface area contributed by atoms with Gasteiger partial charge in [-0.25, -0.2) is 14.6 Å². The van der Waals surface area contributed by atoms with Crippen LogP contribution in [0.5, 0.6) is 0 Å². The number of hydrogen-bond acceptors (Lipinski definition) is 6. The number of amides is 2. The van der Waals surface area contributed by atoms with Gasteiger partial charge in [-0.05, 0) is 29.2 Å². The highest BCUT2D eigenvalue weighted by Gasteiger charge is 2.28. The van der Waals surface area contributed by atoms with Gasteiger partial charge >= 0.3 is 12.1 Å². The number of rotatable bonds is 9. The molecule has 0 spiro atoms. The summed E-state index contributed by atoms with van der Waals surface area (Å²) in [5.41, 5.74) is 4.67. The summed E-state index contributed by atoms with van der Waals surface area (Å²) in [4.78, 5) is 39.8. The largest absolute Gasteiger partial charge is 0.476 e. The third kappa shape index (κ3) is 5.75. The molecule has 1 aliphatic rings. The predicted octanol–water partition coefficient (Wildman–Crippen LogP) is 3.90. The van der Waals surface area contributed by atoms with E-state index in [0.717, 1.165) is 11.1 Å². The fourth-order valence-electron chi connectivity index (χ4n) is 4.07. The van der Waals surface area contributed by atoms with Crippen molar-refractivity contribution in [1.82, 2.24) is 15.6 Å². The summed E-state index contributed by atoms with van der Waals surface area (Å²) in [7, 11) is 0. The average molecular weight is 492 g/mol. The first kappa shape index (κ1) is 24.2. The highest BCUT2D eigenvalue weighted by Crippen LogP contribution is 2.44. The molecule has 35 heavy (non-hydrogen) atoms. The summed E-state index contributed by atoms with van der Waals surface area (Å²) < 4.78 is 5.46. The smallest absolute Gasteiger partial charge is 0.407 e. The Bertz CT molecular complexity index is 1240. The molecule has 1 aromatic heterocycles. The summed E-state index contributed by atoms with van der Waals surface area (Å²) in [6.07, 6.45) is 2.76. The van der Waals surface area contributed by atoms with E-state index in [1.165, 1.54) is 34.6 Å². The number of thiazole rings is 1. The lowest BCUT2D eigenvalue weighted by molar-refractivity contribution is -0.116. The average Bonchev–Trinajstić information content (AvgIpc) is 3.38. The van der Waals surface area contributed by atoms with Crippen LogP contribution in [0.2, 0.25) is 0 Å². The molecule has 3 aromatic rings. The highest BCUT2D eigenvalue weighted by atomic mass is 32.1.